The van der Waals surface area contributed by atoms with Gasteiger partial charge in [-0.05, 0) is 56.5 Å². The normalized spacial score (nSPS) is 13.8. The van der Waals surface area contributed by atoms with E-state index in [1.165, 1.54) is 19.1 Å². The number of nitrogens with zero attached hydrogens (tertiary/aromatic N) is 2. The van der Waals surface area contributed by atoms with Crippen molar-refractivity contribution in [1.29, 1.82) is 0 Å². The topological polar surface area (TPSA) is 59.1 Å². The quantitative estimate of drug-likeness (QED) is 0.793. The number of hydrogen-bond acceptors (Lipinski definition) is 4. The first kappa shape index (κ1) is 19.7. The SMILES string of the molecule is COc1ccc(C(=O)N(C(=O)N2CCCCC2)c2ccc(C)cc2)cc1OC. The van der Waals surface area contributed by atoms with Crippen molar-refractivity contribution >= 4 is 17.6 Å². The Morgan fingerprint density at radius 3 is 2.14 bits per heavy atom. The zero-order chi connectivity index (χ0) is 20.1. The minimum absolute atomic E-state index is 0.289. The van der Waals surface area contributed by atoms with E-state index in [9.17, 15) is 9.59 Å². The van der Waals surface area contributed by atoms with Gasteiger partial charge in [0.05, 0.1) is 19.9 Å². The standard InChI is InChI=1S/C22H26N2O4/c1-16-7-10-18(11-8-16)24(22(26)23-13-5-4-6-14-23)21(25)17-9-12-19(27-2)20(15-17)28-3/h7-12,15H,4-6,13-14H2,1-3H3. The van der Waals surface area contributed by atoms with Crippen molar-refractivity contribution in [3.63, 3.8) is 0 Å². The zero-order valence-electron chi connectivity index (χ0n) is 16.6. The van der Waals surface area contributed by atoms with Crippen LogP contribution < -0.4 is 14.4 Å². The van der Waals surface area contributed by atoms with E-state index in [1.54, 1.807) is 35.2 Å². The first-order valence-corrected chi connectivity index (χ1v) is 9.47. The summed E-state index contributed by atoms with van der Waals surface area (Å²) in [6.07, 6.45) is 3.02. The lowest BCUT2D eigenvalue weighted by molar-refractivity contribution is 0.0983. The van der Waals surface area contributed by atoms with E-state index in [0.717, 1.165) is 24.8 Å². The maximum absolute atomic E-state index is 13.4. The Morgan fingerprint density at radius 2 is 1.54 bits per heavy atom. The van der Waals surface area contributed by atoms with Crippen molar-refractivity contribution in [2.24, 2.45) is 0 Å². The lowest BCUT2D eigenvalue weighted by Crippen LogP contribution is -2.48. The molecule has 1 aliphatic heterocycles. The first-order valence-electron chi connectivity index (χ1n) is 9.47. The molecule has 6 nitrogen and oxygen atoms in total. The number of benzene rings is 2. The van der Waals surface area contributed by atoms with Gasteiger partial charge in [-0.2, -0.15) is 0 Å². The van der Waals surface area contributed by atoms with Crippen LogP contribution >= 0.6 is 0 Å². The molecule has 3 amide bonds. The summed E-state index contributed by atoms with van der Waals surface area (Å²) in [7, 11) is 3.06. The lowest BCUT2D eigenvalue weighted by atomic mass is 10.1. The highest BCUT2D eigenvalue weighted by Crippen LogP contribution is 2.29. The Kier molecular flexibility index (Phi) is 6.19. The highest BCUT2D eigenvalue weighted by atomic mass is 16.5. The summed E-state index contributed by atoms with van der Waals surface area (Å²) >= 11 is 0. The fourth-order valence-electron chi connectivity index (χ4n) is 3.33. The number of amides is 3. The van der Waals surface area contributed by atoms with Crippen LogP contribution in [0.15, 0.2) is 42.5 Å². The van der Waals surface area contributed by atoms with Gasteiger partial charge in [0.1, 0.15) is 0 Å². The number of carbonyl (C=O) groups is 2. The van der Waals surface area contributed by atoms with Crippen LogP contribution in [0.1, 0.15) is 35.2 Å². The Labute approximate surface area is 165 Å². The minimum Gasteiger partial charge on any atom is -0.493 e. The number of rotatable bonds is 4. The van der Waals surface area contributed by atoms with Gasteiger partial charge < -0.3 is 14.4 Å². The highest BCUT2D eigenvalue weighted by Gasteiger charge is 2.30. The molecule has 0 spiro atoms. The molecular weight excluding hydrogens is 356 g/mol. The van der Waals surface area contributed by atoms with Gasteiger partial charge in [0, 0.05) is 18.7 Å². The molecule has 28 heavy (non-hydrogen) atoms. The third-order valence-corrected chi connectivity index (χ3v) is 4.94. The smallest absolute Gasteiger partial charge is 0.331 e. The lowest BCUT2D eigenvalue weighted by Gasteiger charge is -2.32. The molecule has 0 atom stereocenters. The third-order valence-electron chi connectivity index (χ3n) is 4.94. The predicted molar refractivity (Wildman–Crippen MR) is 108 cm³/mol. The molecular formula is C22H26N2O4. The summed E-state index contributed by atoms with van der Waals surface area (Å²) in [6.45, 7) is 3.30. The average molecular weight is 382 g/mol. The summed E-state index contributed by atoms with van der Waals surface area (Å²) in [5.74, 6) is 0.589. The second-order valence-electron chi connectivity index (χ2n) is 6.88. The maximum Gasteiger partial charge on any atom is 0.331 e. The van der Waals surface area contributed by atoms with Gasteiger partial charge in [0.2, 0.25) is 0 Å². The molecule has 1 aliphatic rings. The number of imide groups is 1. The Morgan fingerprint density at radius 1 is 0.893 bits per heavy atom. The molecule has 6 heteroatoms. The molecule has 1 heterocycles. The minimum atomic E-state index is -0.389. The van der Waals surface area contributed by atoms with Crippen molar-refractivity contribution < 1.29 is 19.1 Å². The van der Waals surface area contributed by atoms with E-state index in [4.69, 9.17) is 9.47 Å². The molecule has 0 radical (unpaired) electrons. The van der Waals surface area contributed by atoms with Crippen molar-refractivity contribution in [2.45, 2.75) is 26.2 Å². The van der Waals surface area contributed by atoms with Gasteiger partial charge in [-0.15, -0.1) is 0 Å². The van der Waals surface area contributed by atoms with Gasteiger partial charge in [-0.3, -0.25) is 4.79 Å². The summed E-state index contributed by atoms with van der Waals surface area (Å²) in [5.41, 5.74) is 1.98. The third kappa shape index (κ3) is 4.11. The van der Waals surface area contributed by atoms with Gasteiger partial charge in [0.25, 0.3) is 5.91 Å². The van der Waals surface area contributed by atoms with Crippen molar-refractivity contribution in [1.82, 2.24) is 4.90 Å². The number of likely N-dealkylation sites (tertiary alicyclic amines) is 1. The van der Waals surface area contributed by atoms with Gasteiger partial charge in [-0.25, -0.2) is 9.69 Å². The Bertz CT molecular complexity index is 842. The molecule has 0 aromatic heterocycles. The van der Waals surface area contributed by atoms with Crippen LogP contribution in [0.25, 0.3) is 0 Å². The van der Waals surface area contributed by atoms with Crippen LogP contribution in [0.5, 0.6) is 11.5 Å². The summed E-state index contributed by atoms with van der Waals surface area (Å²) in [4.78, 5) is 29.6. The second kappa shape index (κ2) is 8.78. The summed E-state index contributed by atoms with van der Waals surface area (Å²) in [6, 6.07) is 12.0. The molecule has 0 bridgehead atoms. The molecule has 0 saturated carbocycles. The van der Waals surface area contributed by atoms with E-state index in [1.807, 2.05) is 19.1 Å². The van der Waals surface area contributed by atoms with E-state index in [0.29, 0.717) is 35.8 Å². The highest BCUT2D eigenvalue weighted by molar-refractivity contribution is 6.20. The number of methoxy groups -OCH3 is 2. The van der Waals surface area contributed by atoms with Crippen LogP contribution in [0.4, 0.5) is 10.5 Å². The number of aryl methyl sites for hydroxylation is 1. The fraction of sp³-hybridized carbons (Fsp3) is 0.364. The van der Waals surface area contributed by atoms with Crippen molar-refractivity contribution in [3.05, 3.63) is 53.6 Å². The van der Waals surface area contributed by atoms with Gasteiger partial charge in [-0.1, -0.05) is 17.7 Å². The van der Waals surface area contributed by atoms with Crippen LogP contribution in [0, 0.1) is 6.92 Å². The molecule has 1 fully saturated rings. The van der Waals surface area contributed by atoms with Crippen LogP contribution in [0.3, 0.4) is 0 Å². The summed E-state index contributed by atoms with van der Waals surface area (Å²) in [5, 5.41) is 0. The zero-order valence-corrected chi connectivity index (χ0v) is 16.6. The van der Waals surface area contributed by atoms with E-state index < -0.39 is 0 Å². The number of carbonyl (C=O) groups excluding carboxylic acids is 2. The molecule has 1 saturated heterocycles. The molecule has 2 aromatic rings. The predicted octanol–water partition coefficient (Wildman–Crippen LogP) is 4.26. The Balaban J connectivity index is 1.99. The van der Waals surface area contributed by atoms with Crippen molar-refractivity contribution in [3.8, 4) is 11.5 Å². The number of urea groups is 1. The number of piperidine rings is 1. The summed E-state index contributed by atoms with van der Waals surface area (Å²) < 4.78 is 10.6. The molecule has 0 unspecified atom stereocenters. The number of ether oxygens (including phenoxy) is 2. The molecule has 148 valence electrons. The van der Waals surface area contributed by atoms with Gasteiger partial charge in [0.15, 0.2) is 11.5 Å². The van der Waals surface area contributed by atoms with E-state index in [-0.39, 0.29) is 11.9 Å². The van der Waals surface area contributed by atoms with E-state index in [2.05, 4.69) is 0 Å². The fourth-order valence-corrected chi connectivity index (χ4v) is 3.33. The molecule has 3 rings (SSSR count). The maximum atomic E-state index is 13.4. The largest absolute Gasteiger partial charge is 0.493 e. The second-order valence-corrected chi connectivity index (χ2v) is 6.88. The van der Waals surface area contributed by atoms with E-state index >= 15 is 0 Å². The van der Waals surface area contributed by atoms with Crippen LogP contribution in [0.2, 0.25) is 0 Å². The number of hydrogen-bond donors (Lipinski definition) is 0. The van der Waals surface area contributed by atoms with Crippen LogP contribution in [-0.2, 0) is 0 Å². The number of anilines is 1. The first-order chi connectivity index (χ1) is 13.5. The monoisotopic (exact) mass is 382 g/mol. The Hall–Kier alpha value is -3.02. The molecule has 0 N–H and O–H groups in total. The molecule has 2 aromatic carbocycles. The van der Waals surface area contributed by atoms with Crippen molar-refractivity contribution in [2.75, 3.05) is 32.2 Å². The van der Waals surface area contributed by atoms with Crippen LogP contribution in [-0.4, -0.2) is 44.1 Å². The molecule has 0 aliphatic carbocycles. The average Bonchev–Trinajstić information content (AvgIpc) is 2.75. The van der Waals surface area contributed by atoms with Gasteiger partial charge >= 0.3 is 6.03 Å².